The van der Waals surface area contributed by atoms with Gasteiger partial charge in [0.05, 0.1) is 74.9 Å². The number of hydrogen-bond acceptors (Lipinski definition) is 16. The third-order valence-corrected chi connectivity index (χ3v) is 15.6. The van der Waals surface area contributed by atoms with Gasteiger partial charge in [-0.05, 0) is 113 Å². The number of ether oxygens (including phenoxy) is 5. The van der Waals surface area contributed by atoms with Gasteiger partial charge in [0, 0.05) is 54.1 Å². The Morgan fingerprint density at radius 1 is 0.843 bits per heavy atom. The largest absolute Gasteiger partial charge is 0.476 e. The minimum absolute atomic E-state index is 0.00307. The van der Waals surface area contributed by atoms with Crippen molar-refractivity contribution in [2.75, 3.05) is 96.4 Å². The Morgan fingerprint density at radius 2 is 1.54 bits per heavy atom. The number of hydrogen-bond donors (Lipinski definition) is 3. The molecule has 1 aromatic carbocycles. The van der Waals surface area contributed by atoms with Crippen molar-refractivity contribution in [3.63, 3.8) is 0 Å². The van der Waals surface area contributed by atoms with E-state index in [-0.39, 0.29) is 34.1 Å². The molecule has 5 aliphatic rings. The number of aromatic carboxylic acids is 1. The summed E-state index contributed by atoms with van der Waals surface area (Å²) in [6.07, 6.45) is 10.0. The molecule has 4 aliphatic carbocycles. The van der Waals surface area contributed by atoms with Gasteiger partial charge in [0.25, 0.3) is 0 Å². The molecule has 4 bridgehead atoms. The molecular formula is C51H68N10O8S. The number of nitrogens with two attached hydrogens (primary N) is 1. The standard InChI is InChI=1S/C51H68N10O8S/c1-34-36-9-8-14-60(45(36)58-57-44(34)56-47-54-39-10-6-7-11-40(39)70-47)42-13-12-37(43(55-42)46(63)64)38-25-53-61(35(38)2)33-50-28-48(3)27-49(4,29-50)31-51(30-48,32-50)69-18-16-59(5)15-17-65-19-20-66-21-22-67-23-24-68-26-41(52)62/h6-7,10-13,25H,8-9,14-24,26-33H2,1-5H3,(H2,52,62)(H,63,64)(H,54,56,57). The number of fused-ring (bicyclic) bond motifs is 2. The fourth-order valence-corrected chi connectivity index (χ4v) is 13.7. The molecule has 5 heterocycles. The van der Waals surface area contributed by atoms with Crippen LogP contribution in [0.4, 0.5) is 22.6 Å². The average molecular weight is 981 g/mol. The van der Waals surface area contributed by atoms with E-state index >= 15 is 0 Å². The molecule has 70 heavy (non-hydrogen) atoms. The van der Waals surface area contributed by atoms with Gasteiger partial charge in [0.15, 0.2) is 22.5 Å². The summed E-state index contributed by atoms with van der Waals surface area (Å²) < 4.78 is 32.1. The highest BCUT2D eigenvalue weighted by Crippen LogP contribution is 2.72. The van der Waals surface area contributed by atoms with Crippen LogP contribution in [0.1, 0.15) is 86.1 Å². The number of thiazole rings is 1. The monoisotopic (exact) mass is 980 g/mol. The Labute approximate surface area is 413 Å². The number of para-hydroxylation sites is 1. The summed E-state index contributed by atoms with van der Waals surface area (Å²) >= 11 is 1.57. The summed E-state index contributed by atoms with van der Waals surface area (Å²) in [5.41, 5.74) is 10.4. The molecule has 0 radical (unpaired) electrons. The normalized spacial score (nSPS) is 23.7. The van der Waals surface area contributed by atoms with E-state index in [4.69, 9.17) is 44.5 Å². The number of aromatic nitrogens is 6. The van der Waals surface area contributed by atoms with E-state index in [1.165, 1.54) is 6.42 Å². The molecule has 4 saturated carbocycles. The summed E-state index contributed by atoms with van der Waals surface area (Å²) in [5, 5.41) is 29.0. The van der Waals surface area contributed by atoms with Crippen LogP contribution >= 0.6 is 11.3 Å². The lowest BCUT2D eigenvalue weighted by Gasteiger charge is -2.69. The summed E-state index contributed by atoms with van der Waals surface area (Å²) in [5.74, 6) is 0.287. The second kappa shape index (κ2) is 20.9. The maximum Gasteiger partial charge on any atom is 0.355 e. The van der Waals surface area contributed by atoms with E-state index < -0.39 is 11.9 Å². The second-order valence-electron chi connectivity index (χ2n) is 20.9. The number of likely N-dealkylation sites (N-methyl/N-ethyl adjacent to an activating group) is 1. The van der Waals surface area contributed by atoms with Gasteiger partial charge in [-0.3, -0.25) is 9.48 Å². The van der Waals surface area contributed by atoms with Crippen molar-refractivity contribution in [2.24, 2.45) is 22.0 Å². The SMILES string of the molecule is Cc1c(Nc2nc3ccccc3s2)nnc2c1CCCN2c1ccc(-c2cnn(CC34CC5(C)CC(C)(C3)CC(OCCN(C)CCOCCOCCOCCOCC(N)=O)(C5)C4)c2C)c(C(=O)O)n1. The van der Waals surface area contributed by atoms with E-state index in [0.29, 0.717) is 82.4 Å². The Morgan fingerprint density at radius 3 is 2.26 bits per heavy atom. The van der Waals surface area contributed by atoms with E-state index in [1.807, 2.05) is 48.4 Å². The van der Waals surface area contributed by atoms with Crippen LogP contribution < -0.4 is 16.0 Å². The van der Waals surface area contributed by atoms with Crippen molar-refractivity contribution in [1.29, 1.82) is 0 Å². The Bertz CT molecular complexity index is 2620. The zero-order valence-electron chi connectivity index (χ0n) is 41.3. The van der Waals surface area contributed by atoms with Crippen LogP contribution in [0.3, 0.4) is 0 Å². The van der Waals surface area contributed by atoms with E-state index in [9.17, 15) is 14.7 Å². The number of rotatable bonds is 25. The number of pyridine rings is 1. The number of carboxylic acids is 1. The van der Waals surface area contributed by atoms with Crippen LogP contribution in [-0.4, -0.2) is 144 Å². The highest BCUT2D eigenvalue weighted by molar-refractivity contribution is 7.22. The lowest BCUT2D eigenvalue weighted by atomic mass is 9.39. The Hall–Kier alpha value is -5.15. The van der Waals surface area contributed by atoms with Gasteiger partial charge in [0.1, 0.15) is 12.4 Å². The molecule has 0 saturated heterocycles. The first kappa shape index (κ1) is 49.8. The minimum Gasteiger partial charge on any atom is -0.476 e. The predicted molar refractivity (Wildman–Crippen MR) is 267 cm³/mol. The van der Waals surface area contributed by atoms with Gasteiger partial charge in [-0.2, -0.15) is 5.10 Å². The van der Waals surface area contributed by atoms with Crippen LogP contribution in [0.5, 0.6) is 0 Å². The minimum atomic E-state index is -1.09. The van der Waals surface area contributed by atoms with Crippen molar-refractivity contribution in [1.82, 2.24) is 34.8 Å². The third-order valence-electron chi connectivity index (χ3n) is 14.7. The molecular weight excluding hydrogens is 913 g/mol. The van der Waals surface area contributed by atoms with Crippen LogP contribution in [0.25, 0.3) is 21.3 Å². The number of carbonyl (C=O) groups is 2. The summed E-state index contributed by atoms with van der Waals surface area (Å²) in [7, 11) is 2.11. The number of primary amides is 1. The van der Waals surface area contributed by atoms with Crippen molar-refractivity contribution < 1.29 is 38.4 Å². The second-order valence-corrected chi connectivity index (χ2v) is 21.9. The molecule has 1 amide bonds. The molecule has 4 N–H and O–H groups in total. The first-order valence-electron chi connectivity index (χ1n) is 24.6. The number of nitrogens with zero attached hydrogens (tertiary/aromatic N) is 8. The number of carbonyl (C=O) groups excluding carboxylic acids is 1. The van der Waals surface area contributed by atoms with E-state index in [0.717, 1.165) is 102 Å². The molecule has 1 aliphatic heterocycles. The fraction of sp³-hybridized carbons (Fsp3) is 0.588. The van der Waals surface area contributed by atoms with Crippen molar-refractivity contribution in [3.05, 3.63) is 65.1 Å². The summed E-state index contributed by atoms with van der Waals surface area (Å²) in [6.45, 7) is 15.8. The van der Waals surface area contributed by atoms with Gasteiger partial charge in [-0.1, -0.05) is 37.3 Å². The third kappa shape index (κ3) is 11.1. The first-order chi connectivity index (χ1) is 33.6. The van der Waals surface area contributed by atoms with Gasteiger partial charge in [-0.15, -0.1) is 10.2 Å². The number of amides is 1. The van der Waals surface area contributed by atoms with Crippen LogP contribution in [0.15, 0.2) is 42.6 Å². The summed E-state index contributed by atoms with van der Waals surface area (Å²) in [6, 6.07) is 11.8. The lowest BCUT2D eigenvalue weighted by Crippen LogP contribution is -2.64. The van der Waals surface area contributed by atoms with Gasteiger partial charge >= 0.3 is 5.97 Å². The first-order valence-corrected chi connectivity index (χ1v) is 25.4. The molecule has 18 nitrogen and oxygen atoms in total. The number of anilines is 4. The molecule has 19 heteroatoms. The van der Waals surface area contributed by atoms with E-state index in [1.54, 1.807) is 11.3 Å². The lowest BCUT2D eigenvalue weighted by molar-refractivity contribution is -0.248. The van der Waals surface area contributed by atoms with Crippen LogP contribution in [0, 0.1) is 30.1 Å². The van der Waals surface area contributed by atoms with Crippen molar-refractivity contribution in [3.8, 4) is 11.1 Å². The van der Waals surface area contributed by atoms with Gasteiger partial charge in [-0.25, -0.2) is 14.8 Å². The Kier molecular flexibility index (Phi) is 14.9. The Balaban J connectivity index is 0.808. The van der Waals surface area contributed by atoms with Crippen molar-refractivity contribution >= 4 is 56.0 Å². The zero-order valence-corrected chi connectivity index (χ0v) is 42.1. The molecule has 5 aromatic rings. The average Bonchev–Trinajstić information content (AvgIpc) is 3.88. The maximum absolute atomic E-state index is 13.0. The molecule has 0 spiro atoms. The van der Waals surface area contributed by atoms with E-state index in [2.05, 4.69) is 59.0 Å². The van der Waals surface area contributed by atoms with Gasteiger partial charge < -0.3 is 49.6 Å². The topological polar surface area (TPSA) is 214 Å². The maximum atomic E-state index is 13.0. The number of nitrogens with one attached hydrogen (secondary N) is 1. The number of carboxylic acid groups (broad SMARTS) is 1. The fourth-order valence-electron chi connectivity index (χ4n) is 12.8. The van der Waals surface area contributed by atoms with Crippen LogP contribution in [-0.2, 0) is 41.4 Å². The van der Waals surface area contributed by atoms with Crippen molar-refractivity contribution in [2.45, 2.75) is 91.2 Å². The smallest absolute Gasteiger partial charge is 0.355 e. The highest BCUT2D eigenvalue weighted by Gasteiger charge is 2.66. The zero-order chi connectivity index (χ0) is 49.1. The molecule has 4 aromatic heterocycles. The molecule has 10 rings (SSSR count). The van der Waals surface area contributed by atoms with Gasteiger partial charge in [0.2, 0.25) is 5.91 Å². The molecule has 376 valence electrons. The van der Waals surface area contributed by atoms with Crippen LogP contribution in [0.2, 0.25) is 0 Å². The quantitative estimate of drug-likeness (QED) is 0.0497. The molecule has 4 fully saturated rings. The molecule has 2 atom stereocenters. The molecule has 2 unspecified atom stereocenters. The predicted octanol–water partition coefficient (Wildman–Crippen LogP) is 7.11. The number of benzene rings is 1. The summed E-state index contributed by atoms with van der Waals surface area (Å²) in [4.78, 5) is 37.5. The highest BCUT2D eigenvalue weighted by atomic mass is 32.1.